The molecule has 0 aliphatic heterocycles. The second kappa shape index (κ2) is 8.44. The molecule has 0 radical (unpaired) electrons. The molecule has 0 aliphatic carbocycles. The fraction of sp³-hybridized carbons (Fsp3) is 0.222. The van der Waals surface area contributed by atoms with E-state index in [9.17, 15) is 4.79 Å². The predicted octanol–water partition coefficient (Wildman–Crippen LogP) is 2.65. The molecule has 0 spiro atoms. The summed E-state index contributed by atoms with van der Waals surface area (Å²) in [6.45, 7) is 2.63. The van der Waals surface area contributed by atoms with Gasteiger partial charge in [0, 0.05) is 12.6 Å². The number of nitrogens with one attached hydrogen (secondary N) is 1. The Balaban J connectivity index is 1.89. The lowest BCUT2D eigenvalue weighted by Gasteiger charge is -2.12. The average Bonchev–Trinajstić information content (AvgIpc) is 2.60. The van der Waals surface area contributed by atoms with Crippen molar-refractivity contribution in [3.8, 4) is 17.6 Å². The van der Waals surface area contributed by atoms with Crippen molar-refractivity contribution >= 4 is 5.91 Å². The van der Waals surface area contributed by atoms with E-state index in [2.05, 4.69) is 5.32 Å². The van der Waals surface area contributed by atoms with Crippen LogP contribution in [-0.4, -0.2) is 19.1 Å². The number of nitriles is 1. The van der Waals surface area contributed by atoms with Crippen LogP contribution in [0.2, 0.25) is 0 Å². The average molecular weight is 310 g/mol. The van der Waals surface area contributed by atoms with E-state index in [0.29, 0.717) is 30.2 Å². The van der Waals surface area contributed by atoms with Crippen molar-refractivity contribution in [1.29, 1.82) is 5.26 Å². The van der Waals surface area contributed by atoms with Gasteiger partial charge in [0.1, 0.15) is 0 Å². The highest BCUT2D eigenvalue weighted by Gasteiger charge is 2.09. The number of benzene rings is 2. The van der Waals surface area contributed by atoms with Crippen LogP contribution in [0.15, 0.2) is 48.5 Å². The van der Waals surface area contributed by atoms with Crippen LogP contribution in [0.25, 0.3) is 0 Å². The van der Waals surface area contributed by atoms with Crippen LogP contribution < -0.4 is 14.8 Å². The van der Waals surface area contributed by atoms with Crippen molar-refractivity contribution in [2.75, 3.05) is 13.2 Å². The maximum atomic E-state index is 11.9. The Morgan fingerprint density at radius 3 is 2.61 bits per heavy atom. The van der Waals surface area contributed by atoms with Gasteiger partial charge in [0.15, 0.2) is 18.1 Å². The van der Waals surface area contributed by atoms with E-state index in [1.807, 2.05) is 43.3 Å². The van der Waals surface area contributed by atoms with Crippen molar-refractivity contribution in [3.63, 3.8) is 0 Å². The zero-order chi connectivity index (χ0) is 16.5. The van der Waals surface area contributed by atoms with E-state index in [-0.39, 0.29) is 12.5 Å². The minimum absolute atomic E-state index is 0.112. The summed E-state index contributed by atoms with van der Waals surface area (Å²) < 4.78 is 10.9. The van der Waals surface area contributed by atoms with Crippen LogP contribution in [-0.2, 0) is 11.3 Å². The van der Waals surface area contributed by atoms with Crippen molar-refractivity contribution in [2.45, 2.75) is 13.5 Å². The first-order chi connectivity index (χ1) is 11.2. The number of hydrogen-bond acceptors (Lipinski definition) is 4. The third-order valence-corrected chi connectivity index (χ3v) is 3.06. The normalized spacial score (nSPS) is 9.74. The Kier molecular flexibility index (Phi) is 6.01. The highest BCUT2D eigenvalue weighted by atomic mass is 16.5. The second-order valence-electron chi connectivity index (χ2n) is 4.76. The van der Waals surface area contributed by atoms with E-state index < -0.39 is 0 Å². The largest absolute Gasteiger partial charge is 0.490 e. The molecule has 2 rings (SSSR count). The van der Waals surface area contributed by atoms with Gasteiger partial charge in [-0.1, -0.05) is 30.3 Å². The molecule has 1 amide bonds. The smallest absolute Gasteiger partial charge is 0.258 e. The summed E-state index contributed by atoms with van der Waals surface area (Å²) >= 11 is 0. The van der Waals surface area contributed by atoms with Crippen molar-refractivity contribution in [3.05, 3.63) is 59.7 Å². The number of rotatable bonds is 7. The Morgan fingerprint density at radius 2 is 1.91 bits per heavy atom. The Hall–Kier alpha value is -3.00. The summed E-state index contributed by atoms with van der Waals surface area (Å²) in [6, 6.07) is 16.5. The molecule has 5 heteroatoms. The summed E-state index contributed by atoms with van der Waals surface area (Å²) in [4.78, 5) is 11.9. The van der Waals surface area contributed by atoms with E-state index in [0.717, 1.165) is 5.56 Å². The topological polar surface area (TPSA) is 71.3 Å². The number of hydrogen-bond donors (Lipinski definition) is 1. The summed E-state index contributed by atoms with van der Waals surface area (Å²) in [7, 11) is 0. The van der Waals surface area contributed by atoms with Gasteiger partial charge in [0.25, 0.3) is 5.91 Å². The molecule has 118 valence electrons. The Labute approximate surface area is 135 Å². The van der Waals surface area contributed by atoms with Gasteiger partial charge in [-0.3, -0.25) is 4.79 Å². The molecule has 0 atom stereocenters. The summed E-state index contributed by atoms with van der Waals surface area (Å²) in [5.74, 6) is 0.684. The maximum absolute atomic E-state index is 11.9. The highest BCUT2D eigenvalue weighted by molar-refractivity contribution is 5.77. The van der Waals surface area contributed by atoms with E-state index >= 15 is 0 Å². The predicted molar refractivity (Wildman–Crippen MR) is 86.1 cm³/mol. The summed E-state index contributed by atoms with van der Waals surface area (Å²) in [6.07, 6.45) is 0. The molecule has 0 unspecified atom stereocenters. The first-order valence-electron chi connectivity index (χ1n) is 7.33. The van der Waals surface area contributed by atoms with Gasteiger partial charge >= 0.3 is 0 Å². The SMILES string of the molecule is CCOc1cc(C#N)ccc1OCC(=O)NCc1ccccc1. The Bertz CT molecular complexity index is 693. The minimum Gasteiger partial charge on any atom is -0.490 e. The number of nitrogens with zero attached hydrogens (tertiary/aromatic N) is 1. The highest BCUT2D eigenvalue weighted by Crippen LogP contribution is 2.28. The lowest BCUT2D eigenvalue weighted by molar-refractivity contribution is -0.123. The molecular weight excluding hydrogens is 292 g/mol. The first kappa shape index (κ1) is 16.4. The fourth-order valence-electron chi connectivity index (χ4n) is 1.96. The third-order valence-electron chi connectivity index (χ3n) is 3.06. The van der Waals surface area contributed by atoms with Crippen molar-refractivity contribution < 1.29 is 14.3 Å². The minimum atomic E-state index is -0.222. The molecule has 2 aromatic rings. The molecule has 0 bridgehead atoms. The Morgan fingerprint density at radius 1 is 1.13 bits per heavy atom. The van der Waals surface area contributed by atoms with Gasteiger partial charge < -0.3 is 14.8 Å². The molecule has 2 aromatic carbocycles. The second-order valence-corrected chi connectivity index (χ2v) is 4.76. The quantitative estimate of drug-likeness (QED) is 0.853. The lowest BCUT2D eigenvalue weighted by atomic mass is 10.2. The van der Waals surface area contributed by atoms with Crippen LogP contribution in [0.5, 0.6) is 11.5 Å². The molecule has 0 aromatic heterocycles. The molecule has 0 heterocycles. The standard InChI is InChI=1S/C18H18N2O3/c1-2-22-17-10-15(11-19)8-9-16(17)23-13-18(21)20-12-14-6-4-3-5-7-14/h3-10H,2,12-13H2,1H3,(H,20,21). The van der Waals surface area contributed by atoms with Crippen LogP contribution >= 0.6 is 0 Å². The molecule has 0 saturated heterocycles. The van der Waals surface area contributed by atoms with Crippen LogP contribution in [0, 0.1) is 11.3 Å². The van der Waals surface area contributed by atoms with Gasteiger partial charge in [-0.25, -0.2) is 0 Å². The van der Waals surface area contributed by atoms with Crippen LogP contribution in [0.3, 0.4) is 0 Å². The monoisotopic (exact) mass is 310 g/mol. The van der Waals surface area contributed by atoms with Gasteiger partial charge in [0.05, 0.1) is 18.2 Å². The molecule has 0 aliphatic rings. The molecule has 1 N–H and O–H groups in total. The first-order valence-corrected chi connectivity index (χ1v) is 7.33. The van der Waals surface area contributed by atoms with E-state index in [1.54, 1.807) is 18.2 Å². The summed E-state index contributed by atoms with van der Waals surface area (Å²) in [5, 5.41) is 11.7. The fourth-order valence-corrected chi connectivity index (χ4v) is 1.96. The van der Waals surface area contributed by atoms with Crippen molar-refractivity contribution in [2.24, 2.45) is 0 Å². The zero-order valence-electron chi connectivity index (χ0n) is 12.9. The van der Waals surface area contributed by atoms with E-state index in [4.69, 9.17) is 14.7 Å². The van der Waals surface area contributed by atoms with Gasteiger partial charge in [-0.2, -0.15) is 5.26 Å². The molecule has 5 nitrogen and oxygen atoms in total. The number of amides is 1. The van der Waals surface area contributed by atoms with Crippen LogP contribution in [0.1, 0.15) is 18.1 Å². The number of carbonyl (C=O) groups excluding carboxylic acids is 1. The number of ether oxygens (including phenoxy) is 2. The molecule has 0 fully saturated rings. The lowest BCUT2D eigenvalue weighted by Crippen LogP contribution is -2.28. The van der Waals surface area contributed by atoms with Gasteiger partial charge in [0.2, 0.25) is 0 Å². The van der Waals surface area contributed by atoms with E-state index in [1.165, 1.54) is 0 Å². The van der Waals surface area contributed by atoms with Crippen LogP contribution in [0.4, 0.5) is 0 Å². The molecule has 23 heavy (non-hydrogen) atoms. The third kappa shape index (κ3) is 5.04. The van der Waals surface area contributed by atoms with Gasteiger partial charge in [-0.15, -0.1) is 0 Å². The molecule has 0 saturated carbocycles. The maximum Gasteiger partial charge on any atom is 0.258 e. The zero-order valence-corrected chi connectivity index (χ0v) is 12.9. The molecular formula is C18H18N2O3. The van der Waals surface area contributed by atoms with Crippen molar-refractivity contribution in [1.82, 2.24) is 5.32 Å². The number of carbonyl (C=O) groups is 1. The van der Waals surface area contributed by atoms with Gasteiger partial charge in [-0.05, 0) is 24.6 Å². The summed E-state index contributed by atoms with van der Waals surface area (Å²) in [5.41, 5.74) is 1.50.